The van der Waals surface area contributed by atoms with E-state index in [1.54, 1.807) is 0 Å². The Morgan fingerprint density at radius 2 is 0.818 bits per heavy atom. The van der Waals surface area contributed by atoms with Crippen molar-refractivity contribution in [3.8, 4) is 66.8 Å². The van der Waals surface area contributed by atoms with Gasteiger partial charge in [-0.1, -0.05) is 212 Å². The Balaban J connectivity index is 1.07. The number of hydrogen-bond acceptors (Lipinski definition) is 2. The normalized spacial score (nSPS) is 11.3. The second kappa shape index (κ2) is 16.8. The average Bonchev–Trinajstić information content (AvgIpc) is 3.79. The van der Waals surface area contributed by atoms with Crippen molar-refractivity contribution in [2.24, 2.45) is 0 Å². The van der Waals surface area contributed by atoms with Crippen molar-refractivity contribution in [2.45, 2.75) is 0 Å². The van der Waals surface area contributed by atoms with Crippen LogP contribution in [0, 0.1) is 0 Å². The molecule has 0 amide bonds. The van der Waals surface area contributed by atoms with Gasteiger partial charge in [-0.25, -0.2) is 0 Å². The molecule has 11 aromatic carbocycles. The summed E-state index contributed by atoms with van der Waals surface area (Å²) in [6.07, 6.45) is 0. The Morgan fingerprint density at radius 1 is 0.258 bits per heavy atom. The number of hydrogen-bond donors (Lipinski definition) is 0. The predicted octanol–water partition coefficient (Wildman–Crippen LogP) is 18.2. The van der Waals surface area contributed by atoms with Crippen LogP contribution in [-0.2, 0) is 0 Å². The molecule has 0 aliphatic heterocycles. The fraction of sp³-hybridized carbons (Fsp3) is 0. The molecule has 0 atom stereocenters. The summed E-state index contributed by atoms with van der Waals surface area (Å²) in [6.45, 7) is 0. The third kappa shape index (κ3) is 7.12. The van der Waals surface area contributed by atoms with Crippen molar-refractivity contribution < 1.29 is 4.42 Å². The van der Waals surface area contributed by atoms with Crippen molar-refractivity contribution >= 4 is 49.8 Å². The maximum Gasteiger partial charge on any atom is 0.143 e. The molecule has 310 valence electrons. The Labute approximate surface area is 384 Å². The molecule has 0 unspecified atom stereocenters. The second-order valence-corrected chi connectivity index (χ2v) is 16.8. The molecule has 12 rings (SSSR count). The Hall–Kier alpha value is -8.72. The van der Waals surface area contributed by atoms with Crippen molar-refractivity contribution in [3.63, 3.8) is 0 Å². The standard InChI is InChI=1S/C64H43NO/c1-3-17-44(18-4-1)50-37-40-57(56-26-10-9-25-54(56)47-20-5-2-6-21-47)61(43-50)58-27-11-13-31-62(58)65(52-38-35-46(36-39-52)49-34-33-45-19-7-8-22-48(45)41-49)53-24-15-23-51(42-53)55-29-16-30-60-59-28-12-14-32-63(59)66-64(55)60/h1-43H. The van der Waals surface area contributed by atoms with Gasteiger partial charge in [-0.05, 0) is 115 Å². The van der Waals surface area contributed by atoms with Crippen LogP contribution in [-0.4, -0.2) is 0 Å². The van der Waals surface area contributed by atoms with Gasteiger partial charge in [-0.15, -0.1) is 0 Å². The highest BCUT2D eigenvalue weighted by atomic mass is 16.3. The number of para-hydroxylation sites is 3. The van der Waals surface area contributed by atoms with E-state index in [9.17, 15) is 0 Å². The van der Waals surface area contributed by atoms with E-state index >= 15 is 0 Å². The van der Waals surface area contributed by atoms with Crippen LogP contribution >= 0.6 is 0 Å². The summed E-state index contributed by atoms with van der Waals surface area (Å²) in [7, 11) is 0. The number of rotatable bonds is 9. The minimum atomic E-state index is 0.889. The number of benzene rings is 11. The van der Waals surface area contributed by atoms with Gasteiger partial charge >= 0.3 is 0 Å². The molecule has 12 aromatic rings. The van der Waals surface area contributed by atoms with E-state index in [1.807, 2.05) is 6.07 Å². The van der Waals surface area contributed by atoms with Crippen LogP contribution in [0.4, 0.5) is 17.1 Å². The molecule has 2 heteroatoms. The molecule has 0 aliphatic carbocycles. The Morgan fingerprint density at radius 3 is 1.65 bits per heavy atom. The summed E-state index contributed by atoms with van der Waals surface area (Å²) in [5, 5.41) is 4.70. The molecule has 66 heavy (non-hydrogen) atoms. The fourth-order valence-electron chi connectivity index (χ4n) is 9.68. The van der Waals surface area contributed by atoms with Gasteiger partial charge in [0.15, 0.2) is 0 Å². The minimum absolute atomic E-state index is 0.889. The maximum absolute atomic E-state index is 6.60. The lowest BCUT2D eigenvalue weighted by Gasteiger charge is -2.29. The Bertz CT molecular complexity index is 3700. The second-order valence-electron chi connectivity index (χ2n) is 16.8. The van der Waals surface area contributed by atoms with E-state index < -0.39 is 0 Å². The summed E-state index contributed by atoms with van der Waals surface area (Å²) in [5.74, 6) is 0. The van der Waals surface area contributed by atoms with Crippen LogP contribution in [0.15, 0.2) is 265 Å². The van der Waals surface area contributed by atoms with Crippen molar-refractivity contribution in [1.82, 2.24) is 0 Å². The lowest BCUT2D eigenvalue weighted by atomic mass is 9.86. The summed E-state index contributed by atoms with van der Waals surface area (Å²) in [5.41, 5.74) is 18.8. The highest BCUT2D eigenvalue weighted by molar-refractivity contribution is 6.10. The van der Waals surface area contributed by atoms with E-state index in [-0.39, 0.29) is 0 Å². The SMILES string of the molecule is c1ccc(-c2ccc(-c3ccccc3-c3ccccc3)c(-c3ccccc3N(c3ccc(-c4ccc5ccccc5c4)cc3)c3cccc(-c4cccc5c4oc4ccccc45)c3)c2)cc1. The van der Waals surface area contributed by atoms with Crippen LogP contribution in [0.1, 0.15) is 0 Å². The van der Waals surface area contributed by atoms with E-state index in [2.05, 4.69) is 260 Å². The van der Waals surface area contributed by atoms with Crippen LogP contribution in [0.25, 0.3) is 99.5 Å². The molecule has 0 saturated carbocycles. The molecule has 1 aromatic heterocycles. The highest BCUT2D eigenvalue weighted by Crippen LogP contribution is 2.47. The first-order valence-corrected chi connectivity index (χ1v) is 22.6. The molecular formula is C64H43NO. The highest BCUT2D eigenvalue weighted by Gasteiger charge is 2.22. The number of fused-ring (bicyclic) bond motifs is 4. The molecule has 0 bridgehead atoms. The zero-order chi connectivity index (χ0) is 43.8. The molecule has 0 saturated heterocycles. The van der Waals surface area contributed by atoms with E-state index in [1.165, 1.54) is 49.7 Å². The van der Waals surface area contributed by atoms with Crippen molar-refractivity contribution in [1.29, 1.82) is 0 Å². The van der Waals surface area contributed by atoms with Crippen LogP contribution in [0.5, 0.6) is 0 Å². The van der Waals surface area contributed by atoms with Gasteiger partial charge in [-0.3, -0.25) is 0 Å². The number of nitrogens with zero attached hydrogens (tertiary/aromatic N) is 1. The number of anilines is 3. The molecule has 0 N–H and O–H groups in total. The smallest absolute Gasteiger partial charge is 0.143 e. The summed E-state index contributed by atoms with van der Waals surface area (Å²) in [4.78, 5) is 2.42. The first-order valence-electron chi connectivity index (χ1n) is 22.6. The minimum Gasteiger partial charge on any atom is -0.455 e. The zero-order valence-electron chi connectivity index (χ0n) is 36.2. The fourth-order valence-corrected chi connectivity index (χ4v) is 9.68. The zero-order valence-corrected chi connectivity index (χ0v) is 36.2. The molecule has 1 heterocycles. The first kappa shape index (κ1) is 38.9. The van der Waals surface area contributed by atoms with Crippen molar-refractivity contribution in [2.75, 3.05) is 4.90 Å². The van der Waals surface area contributed by atoms with Crippen molar-refractivity contribution in [3.05, 3.63) is 261 Å². The molecule has 0 fully saturated rings. The van der Waals surface area contributed by atoms with E-state index in [4.69, 9.17) is 4.42 Å². The van der Waals surface area contributed by atoms with Gasteiger partial charge in [-0.2, -0.15) is 0 Å². The van der Waals surface area contributed by atoms with E-state index in [0.29, 0.717) is 0 Å². The van der Waals surface area contributed by atoms with Gasteiger partial charge < -0.3 is 9.32 Å². The lowest BCUT2D eigenvalue weighted by Crippen LogP contribution is -2.11. The number of furan rings is 1. The molecule has 0 spiro atoms. The van der Waals surface area contributed by atoms with Crippen LogP contribution < -0.4 is 4.90 Å². The largest absolute Gasteiger partial charge is 0.455 e. The molecule has 0 aliphatic rings. The van der Waals surface area contributed by atoms with Gasteiger partial charge in [0.2, 0.25) is 0 Å². The molecule has 0 radical (unpaired) electrons. The van der Waals surface area contributed by atoms with Gasteiger partial charge in [0.05, 0.1) is 5.69 Å². The van der Waals surface area contributed by atoms with Crippen LogP contribution in [0.3, 0.4) is 0 Å². The summed E-state index contributed by atoms with van der Waals surface area (Å²) < 4.78 is 6.60. The summed E-state index contributed by atoms with van der Waals surface area (Å²) >= 11 is 0. The summed E-state index contributed by atoms with van der Waals surface area (Å²) in [6, 6.07) is 94.0. The molecule has 2 nitrogen and oxygen atoms in total. The average molecular weight is 842 g/mol. The third-order valence-electron chi connectivity index (χ3n) is 12.9. The van der Waals surface area contributed by atoms with Gasteiger partial charge in [0.1, 0.15) is 11.2 Å². The topological polar surface area (TPSA) is 16.4 Å². The first-order chi connectivity index (χ1) is 32.7. The van der Waals surface area contributed by atoms with Crippen LogP contribution in [0.2, 0.25) is 0 Å². The lowest BCUT2D eigenvalue weighted by molar-refractivity contribution is 0.670. The Kier molecular flexibility index (Phi) is 9.89. The van der Waals surface area contributed by atoms with Gasteiger partial charge in [0, 0.05) is 33.3 Å². The van der Waals surface area contributed by atoms with Gasteiger partial charge in [0.25, 0.3) is 0 Å². The van der Waals surface area contributed by atoms with E-state index in [0.717, 1.165) is 66.8 Å². The monoisotopic (exact) mass is 841 g/mol. The maximum atomic E-state index is 6.60. The predicted molar refractivity (Wildman–Crippen MR) is 279 cm³/mol. The molecular weight excluding hydrogens is 799 g/mol. The quantitative estimate of drug-likeness (QED) is 0.144. The third-order valence-corrected chi connectivity index (χ3v) is 12.9.